The molecule has 1 aromatic rings. The molecule has 0 saturated heterocycles. The molecule has 0 atom stereocenters. The molecule has 1 aromatic heterocycles. The lowest BCUT2D eigenvalue weighted by molar-refractivity contribution is 0.317. The van der Waals surface area contributed by atoms with Crippen molar-refractivity contribution >= 4 is 5.84 Å². The first-order valence-corrected chi connectivity index (χ1v) is 3.61. The normalized spacial score (nSPS) is 11.6. The number of amidine groups is 1. The fourth-order valence-electron chi connectivity index (χ4n) is 0.919. The Morgan fingerprint density at radius 2 is 2.42 bits per heavy atom. The van der Waals surface area contributed by atoms with Crippen LogP contribution in [0, 0.1) is 6.92 Å². The minimum Gasteiger partial charge on any atom is -0.409 e. The van der Waals surface area contributed by atoms with Crippen molar-refractivity contribution in [2.45, 2.75) is 13.3 Å². The van der Waals surface area contributed by atoms with Crippen LogP contribution in [0.25, 0.3) is 0 Å². The average Bonchev–Trinajstić information content (AvgIpc) is 2.04. The van der Waals surface area contributed by atoms with E-state index in [0.717, 1.165) is 11.4 Å². The van der Waals surface area contributed by atoms with Crippen LogP contribution in [0.3, 0.4) is 0 Å². The van der Waals surface area contributed by atoms with E-state index in [9.17, 15) is 0 Å². The molecule has 0 radical (unpaired) electrons. The third-order valence-corrected chi connectivity index (χ3v) is 1.44. The molecular weight excluding hydrogens is 154 g/mol. The number of hydrogen-bond acceptors (Lipinski definition) is 3. The molecular formula is C8H11N3O. The second kappa shape index (κ2) is 3.71. The Bertz CT molecular complexity index is 296. The zero-order valence-electron chi connectivity index (χ0n) is 6.86. The number of aryl methyl sites for hydroxylation is 1. The van der Waals surface area contributed by atoms with Gasteiger partial charge in [0.15, 0.2) is 0 Å². The van der Waals surface area contributed by atoms with Gasteiger partial charge in [-0.05, 0) is 19.1 Å². The van der Waals surface area contributed by atoms with Crippen LogP contribution in [-0.4, -0.2) is 16.0 Å². The van der Waals surface area contributed by atoms with E-state index in [1.807, 2.05) is 25.1 Å². The predicted octanol–water partition coefficient (Wildman–Crippen LogP) is 0.679. The summed E-state index contributed by atoms with van der Waals surface area (Å²) in [4.78, 5) is 4.19. The van der Waals surface area contributed by atoms with Crippen molar-refractivity contribution in [3.63, 3.8) is 0 Å². The first-order chi connectivity index (χ1) is 5.72. The van der Waals surface area contributed by atoms with Crippen LogP contribution >= 0.6 is 0 Å². The molecule has 1 heterocycles. The van der Waals surface area contributed by atoms with Crippen molar-refractivity contribution in [2.24, 2.45) is 10.9 Å². The predicted molar refractivity (Wildman–Crippen MR) is 46.1 cm³/mol. The van der Waals surface area contributed by atoms with Gasteiger partial charge in [-0.1, -0.05) is 11.2 Å². The molecule has 0 aromatic carbocycles. The van der Waals surface area contributed by atoms with Crippen molar-refractivity contribution < 1.29 is 5.21 Å². The van der Waals surface area contributed by atoms with Crippen molar-refractivity contribution in [1.82, 2.24) is 4.98 Å². The minimum atomic E-state index is 0.174. The third kappa shape index (κ3) is 2.23. The molecule has 0 spiro atoms. The topological polar surface area (TPSA) is 71.5 Å². The second-order valence-corrected chi connectivity index (χ2v) is 2.54. The van der Waals surface area contributed by atoms with Crippen LogP contribution in [0.2, 0.25) is 0 Å². The van der Waals surface area contributed by atoms with Gasteiger partial charge >= 0.3 is 0 Å². The Kier molecular flexibility index (Phi) is 2.63. The number of rotatable bonds is 2. The smallest absolute Gasteiger partial charge is 0.145 e. The van der Waals surface area contributed by atoms with Gasteiger partial charge < -0.3 is 10.9 Å². The first kappa shape index (κ1) is 8.52. The molecule has 64 valence electrons. The van der Waals surface area contributed by atoms with Gasteiger partial charge in [-0.2, -0.15) is 0 Å². The van der Waals surface area contributed by atoms with E-state index in [-0.39, 0.29) is 5.84 Å². The Morgan fingerprint density at radius 3 is 3.00 bits per heavy atom. The van der Waals surface area contributed by atoms with E-state index in [2.05, 4.69) is 10.1 Å². The molecule has 0 aliphatic rings. The highest BCUT2D eigenvalue weighted by Gasteiger charge is 1.97. The van der Waals surface area contributed by atoms with Crippen LogP contribution in [0.1, 0.15) is 11.4 Å². The summed E-state index contributed by atoms with van der Waals surface area (Å²) in [6.07, 6.45) is 0.387. The lowest BCUT2D eigenvalue weighted by Gasteiger charge is -1.98. The van der Waals surface area contributed by atoms with Gasteiger partial charge in [0.2, 0.25) is 0 Å². The Labute approximate surface area is 70.7 Å². The molecule has 4 heteroatoms. The lowest BCUT2D eigenvalue weighted by atomic mass is 10.2. The van der Waals surface area contributed by atoms with Crippen molar-refractivity contribution in [1.29, 1.82) is 0 Å². The first-order valence-electron chi connectivity index (χ1n) is 3.61. The van der Waals surface area contributed by atoms with Gasteiger partial charge in [-0.25, -0.2) is 0 Å². The van der Waals surface area contributed by atoms with Gasteiger partial charge in [0.1, 0.15) is 5.84 Å². The summed E-state index contributed by atoms with van der Waals surface area (Å²) in [6, 6.07) is 5.63. The second-order valence-electron chi connectivity index (χ2n) is 2.54. The molecule has 0 bridgehead atoms. The summed E-state index contributed by atoms with van der Waals surface area (Å²) in [7, 11) is 0. The van der Waals surface area contributed by atoms with Crippen LogP contribution in [0.5, 0.6) is 0 Å². The van der Waals surface area contributed by atoms with Crippen LogP contribution in [-0.2, 0) is 6.42 Å². The average molecular weight is 165 g/mol. The number of pyridine rings is 1. The van der Waals surface area contributed by atoms with Crippen molar-refractivity contribution in [3.05, 3.63) is 29.6 Å². The number of aromatic nitrogens is 1. The number of nitrogens with zero attached hydrogens (tertiary/aromatic N) is 2. The van der Waals surface area contributed by atoms with E-state index >= 15 is 0 Å². The molecule has 3 N–H and O–H groups in total. The van der Waals surface area contributed by atoms with Gasteiger partial charge in [0, 0.05) is 11.4 Å². The van der Waals surface area contributed by atoms with E-state index in [0.29, 0.717) is 6.42 Å². The van der Waals surface area contributed by atoms with Crippen LogP contribution in [0.4, 0.5) is 0 Å². The third-order valence-electron chi connectivity index (χ3n) is 1.44. The molecule has 0 aliphatic heterocycles. The minimum absolute atomic E-state index is 0.174. The molecule has 1 rings (SSSR count). The number of hydrogen-bond donors (Lipinski definition) is 2. The maximum Gasteiger partial charge on any atom is 0.145 e. The maximum absolute atomic E-state index is 8.30. The Balaban J connectivity index is 2.76. The van der Waals surface area contributed by atoms with Gasteiger partial charge in [0.05, 0.1) is 6.42 Å². The highest BCUT2D eigenvalue weighted by Crippen LogP contribution is 1.98. The molecule has 0 amide bonds. The molecule has 0 fully saturated rings. The highest BCUT2D eigenvalue weighted by molar-refractivity contribution is 5.81. The standard InChI is InChI=1S/C8H11N3O/c1-6-3-2-4-7(10-6)5-8(9)11-12/h2-4,12H,5H2,1H3,(H2,9,11). The number of nitrogens with two attached hydrogens (primary N) is 1. The van der Waals surface area contributed by atoms with Gasteiger partial charge in [-0.3, -0.25) is 4.98 Å². The lowest BCUT2D eigenvalue weighted by Crippen LogP contribution is -2.15. The SMILES string of the molecule is Cc1cccc(CC(N)=NO)n1. The van der Waals surface area contributed by atoms with Crippen LogP contribution in [0.15, 0.2) is 23.4 Å². The summed E-state index contributed by atoms with van der Waals surface area (Å²) in [5.41, 5.74) is 7.05. The zero-order chi connectivity index (χ0) is 8.97. The monoisotopic (exact) mass is 165 g/mol. The summed E-state index contributed by atoms with van der Waals surface area (Å²) in [5, 5.41) is 11.2. The van der Waals surface area contributed by atoms with E-state index < -0.39 is 0 Å². The van der Waals surface area contributed by atoms with Gasteiger partial charge in [0.25, 0.3) is 0 Å². The summed E-state index contributed by atoms with van der Waals surface area (Å²) in [5.74, 6) is 0.174. The van der Waals surface area contributed by atoms with Crippen molar-refractivity contribution in [3.8, 4) is 0 Å². The molecule has 0 saturated carbocycles. The van der Waals surface area contributed by atoms with Crippen LogP contribution < -0.4 is 5.73 Å². The Morgan fingerprint density at radius 1 is 1.67 bits per heavy atom. The highest BCUT2D eigenvalue weighted by atomic mass is 16.4. The van der Waals surface area contributed by atoms with E-state index in [4.69, 9.17) is 10.9 Å². The van der Waals surface area contributed by atoms with E-state index in [1.165, 1.54) is 0 Å². The Hall–Kier alpha value is -1.58. The fourth-order valence-corrected chi connectivity index (χ4v) is 0.919. The summed E-state index contributed by atoms with van der Waals surface area (Å²) in [6.45, 7) is 1.90. The molecule has 0 unspecified atom stereocenters. The summed E-state index contributed by atoms with van der Waals surface area (Å²) >= 11 is 0. The van der Waals surface area contributed by atoms with E-state index in [1.54, 1.807) is 0 Å². The number of oxime groups is 1. The largest absolute Gasteiger partial charge is 0.409 e. The zero-order valence-corrected chi connectivity index (χ0v) is 6.86. The maximum atomic E-state index is 8.30. The molecule has 12 heavy (non-hydrogen) atoms. The quantitative estimate of drug-likeness (QED) is 0.293. The van der Waals surface area contributed by atoms with Crippen molar-refractivity contribution in [2.75, 3.05) is 0 Å². The van der Waals surface area contributed by atoms with Gasteiger partial charge in [-0.15, -0.1) is 0 Å². The summed E-state index contributed by atoms with van der Waals surface area (Å²) < 4.78 is 0. The fraction of sp³-hybridized carbons (Fsp3) is 0.250. The molecule has 0 aliphatic carbocycles. The molecule has 4 nitrogen and oxygen atoms in total.